The standard InChI is InChI=1S/C20H20N4O5/c1-27-15-8-13-14(9-16(15)28-2)23-19-18(13)22-11-24(20(19)26)6-5-17(25)21-10-12-4-3-7-29-12/h3-4,7-9,11,23H,5-6,10H2,1-2H3,(H,21,25). The van der Waals surface area contributed by atoms with Gasteiger partial charge in [0.15, 0.2) is 11.5 Å². The lowest BCUT2D eigenvalue weighted by Gasteiger charge is -2.07. The van der Waals surface area contributed by atoms with Gasteiger partial charge in [0.1, 0.15) is 16.8 Å². The number of furan rings is 1. The minimum atomic E-state index is -0.247. The molecular weight excluding hydrogens is 376 g/mol. The fourth-order valence-corrected chi connectivity index (χ4v) is 3.19. The molecule has 1 amide bonds. The first-order valence-corrected chi connectivity index (χ1v) is 9.02. The molecule has 9 nitrogen and oxygen atoms in total. The lowest BCUT2D eigenvalue weighted by molar-refractivity contribution is -0.121. The van der Waals surface area contributed by atoms with Gasteiger partial charge in [-0.05, 0) is 18.2 Å². The van der Waals surface area contributed by atoms with Crippen molar-refractivity contribution in [2.24, 2.45) is 0 Å². The third-order valence-corrected chi connectivity index (χ3v) is 4.70. The van der Waals surface area contributed by atoms with Crippen molar-refractivity contribution in [1.82, 2.24) is 19.9 Å². The van der Waals surface area contributed by atoms with Crippen LogP contribution in [-0.2, 0) is 17.9 Å². The molecule has 0 saturated heterocycles. The van der Waals surface area contributed by atoms with E-state index in [2.05, 4.69) is 15.3 Å². The van der Waals surface area contributed by atoms with Crippen LogP contribution >= 0.6 is 0 Å². The first kappa shape index (κ1) is 18.6. The number of aromatic nitrogens is 3. The largest absolute Gasteiger partial charge is 0.493 e. The van der Waals surface area contributed by atoms with Crippen LogP contribution in [0.25, 0.3) is 21.9 Å². The fourth-order valence-electron chi connectivity index (χ4n) is 3.19. The van der Waals surface area contributed by atoms with Crippen molar-refractivity contribution in [2.45, 2.75) is 19.5 Å². The number of hydrogen-bond donors (Lipinski definition) is 2. The number of amides is 1. The van der Waals surface area contributed by atoms with Crippen molar-refractivity contribution in [3.8, 4) is 11.5 Å². The third-order valence-electron chi connectivity index (χ3n) is 4.70. The molecule has 0 aliphatic heterocycles. The number of methoxy groups -OCH3 is 2. The molecule has 0 unspecified atom stereocenters. The zero-order chi connectivity index (χ0) is 20.4. The Kier molecular flexibility index (Phi) is 4.94. The van der Waals surface area contributed by atoms with Gasteiger partial charge < -0.3 is 24.2 Å². The molecule has 29 heavy (non-hydrogen) atoms. The summed E-state index contributed by atoms with van der Waals surface area (Å²) in [6.07, 6.45) is 3.15. The van der Waals surface area contributed by atoms with Crippen LogP contribution in [0.4, 0.5) is 0 Å². The van der Waals surface area contributed by atoms with Gasteiger partial charge in [-0.15, -0.1) is 0 Å². The quantitative estimate of drug-likeness (QED) is 0.495. The highest BCUT2D eigenvalue weighted by Gasteiger charge is 2.15. The molecule has 150 valence electrons. The number of nitrogens with zero attached hydrogens (tertiary/aromatic N) is 2. The van der Waals surface area contributed by atoms with Crippen LogP contribution in [0.1, 0.15) is 12.2 Å². The maximum absolute atomic E-state index is 12.8. The highest BCUT2D eigenvalue weighted by Crippen LogP contribution is 2.34. The van der Waals surface area contributed by atoms with E-state index < -0.39 is 0 Å². The smallest absolute Gasteiger partial charge is 0.277 e. The zero-order valence-electron chi connectivity index (χ0n) is 16.0. The molecule has 4 aromatic rings. The molecule has 0 atom stereocenters. The first-order chi connectivity index (χ1) is 14.1. The van der Waals surface area contributed by atoms with Crippen molar-refractivity contribution in [3.63, 3.8) is 0 Å². The van der Waals surface area contributed by atoms with Gasteiger partial charge in [0.05, 0.1) is 38.9 Å². The second kappa shape index (κ2) is 7.70. The summed E-state index contributed by atoms with van der Waals surface area (Å²) in [5.74, 6) is 1.60. The van der Waals surface area contributed by atoms with Crippen LogP contribution in [0, 0.1) is 0 Å². The minimum Gasteiger partial charge on any atom is -0.493 e. The molecular formula is C20H20N4O5. The SMILES string of the molecule is COc1cc2[nH]c3c(=O)n(CCC(=O)NCc4ccco4)cnc3c2cc1OC. The number of aromatic amines is 1. The monoisotopic (exact) mass is 396 g/mol. The van der Waals surface area contributed by atoms with Crippen LogP contribution in [0.15, 0.2) is 46.1 Å². The molecule has 9 heteroatoms. The number of aryl methyl sites for hydroxylation is 1. The summed E-state index contributed by atoms with van der Waals surface area (Å²) in [4.78, 5) is 32.4. The van der Waals surface area contributed by atoms with Gasteiger partial charge in [0.25, 0.3) is 5.56 Å². The first-order valence-electron chi connectivity index (χ1n) is 9.02. The number of carbonyl (C=O) groups excluding carboxylic acids is 1. The van der Waals surface area contributed by atoms with Crippen molar-refractivity contribution in [3.05, 3.63) is 53.0 Å². The van der Waals surface area contributed by atoms with Gasteiger partial charge in [-0.1, -0.05) is 0 Å². The molecule has 0 saturated carbocycles. The number of rotatable bonds is 7. The Balaban J connectivity index is 1.56. The number of fused-ring (bicyclic) bond motifs is 3. The summed E-state index contributed by atoms with van der Waals surface area (Å²) >= 11 is 0. The summed E-state index contributed by atoms with van der Waals surface area (Å²) in [5.41, 5.74) is 1.39. The van der Waals surface area contributed by atoms with Gasteiger partial charge in [-0.3, -0.25) is 14.2 Å². The number of hydrogen-bond acceptors (Lipinski definition) is 6. The Labute approximate surface area is 165 Å². The number of nitrogens with one attached hydrogen (secondary N) is 2. The molecule has 0 radical (unpaired) electrons. The van der Waals surface area contributed by atoms with Gasteiger partial charge in [-0.2, -0.15) is 0 Å². The predicted octanol–water partition coefficient (Wildman–Crippen LogP) is 2.19. The topological polar surface area (TPSA) is 111 Å². The second-order valence-electron chi connectivity index (χ2n) is 6.45. The molecule has 0 aliphatic rings. The molecule has 0 aliphatic carbocycles. The van der Waals surface area contributed by atoms with Crippen LogP contribution in [-0.4, -0.2) is 34.7 Å². The van der Waals surface area contributed by atoms with Crippen molar-refractivity contribution < 1.29 is 18.7 Å². The van der Waals surface area contributed by atoms with E-state index in [9.17, 15) is 9.59 Å². The highest BCUT2D eigenvalue weighted by molar-refractivity contribution is 6.05. The number of H-pyrrole nitrogens is 1. The summed E-state index contributed by atoms with van der Waals surface area (Å²) in [6, 6.07) is 7.09. The van der Waals surface area contributed by atoms with E-state index in [1.165, 1.54) is 10.9 Å². The summed E-state index contributed by atoms with van der Waals surface area (Å²) in [7, 11) is 3.10. The Hall–Kier alpha value is -3.75. The van der Waals surface area contributed by atoms with Crippen LogP contribution in [0.5, 0.6) is 11.5 Å². The van der Waals surface area contributed by atoms with E-state index in [4.69, 9.17) is 13.9 Å². The molecule has 4 rings (SSSR count). The van der Waals surface area contributed by atoms with E-state index >= 15 is 0 Å². The Bertz CT molecular complexity index is 1220. The van der Waals surface area contributed by atoms with Gasteiger partial charge in [0, 0.05) is 24.4 Å². The second-order valence-corrected chi connectivity index (χ2v) is 6.45. The normalized spacial score (nSPS) is 11.1. The maximum Gasteiger partial charge on any atom is 0.277 e. The summed E-state index contributed by atoms with van der Waals surface area (Å²) < 4.78 is 17.2. The van der Waals surface area contributed by atoms with Crippen molar-refractivity contribution in [2.75, 3.05) is 14.2 Å². The van der Waals surface area contributed by atoms with E-state index in [1.807, 2.05) is 0 Å². The van der Waals surface area contributed by atoms with Crippen LogP contribution in [0.3, 0.4) is 0 Å². The maximum atomic E-state index is 12.8. The number of carbonyl (C=O) groups is 1. The van der Waals surface area contributed by atoms with Crippen LogP contribution < -0.4 is 20.3 Å². The van der Waals surface area contributed by atoms with Crippen LogP contribution in [0.2, 0.25) is 0 Å². The Morgan fingerprint density at radius 3 is 2.79 bits per heavy atom. The van der Waals surface area contributed by atoms with E-state index in [1.54, 1.807) is 44.7 Å². The molecule has 2 N–H and O–H groups in total. The summed E-state index contributed by atoms with van der Waals surface area (Å²) in [5, 5.41) is 3.52. The van der Waals surface area contributed by atoms with E-state index in [-0.39, 0.29) is 24.4 Å². The lowest BCUT2D eigenvalue weighted by atomic mass is 10.2. The lowest BCUT2D eigenvalue weighted by Crippen LogP contribution is -2.27. The van der Waals surface area contributed by atoms with Gasteiger partial charge in [-0.25, -0.2) is 4.98 Å². The Morgan fingerprint density at radius 1 is 1.28 bits per heavy atom. The van der Waals surface area contributed by atoms with Crippen molar-refractivity contribution >= 4 is 27.8 Å². The molecule has 3 heterocycles. The molecule has 0 spiro atoms. The van der Waals surface area contributed by atoms with E-state index in [0.29, 0.717) is 34.8 Å². The summed E-state index contributed by atoms with van der Waals surface area (Å²) in [6.45, 7) is 0.525. The predicted molar refractivity (Wildman–Crippen MR) is 106 cm³/mol. The minimum absolute atomic E-state index is 0.148. The molecule has 1 aromatic carbocycles. The Morgan fingerprint density at radius 2 is 2.07 bits per heavy atom. The molecule has 3 aromatic heterocycles. The zero-order valence-corrected chi connectivity index (χ0v) is 16.0. The average molecular weight is 396 g/mol. The third kappa shape index (κ3) is 3.54. The molecule has 0 fully saturated rings. The number of ether oxygens (including phenoxy) is 2. The van der Waals surface area contributed by atoms with Crippen molar-refractivity contribution in [1.29, 1.82) is 0 Å². The fraction of sp³-hybridized carbons (Fsp3) is 0.250. The highest BCUT2D eigenvalue weighted by atomic mass is 16.5. The van der Waals surface area contributed by atoms with Gasteiger partial charge >= 0.3 is 0 Å². The average Bonchev–Trinajstić information content (AvgIpc) is 3.38. The molecule has 0 bridgehead atoms. The van der Waals surface area contributed by atoms with Gasteiger partial charge in [0.2, 0.25) is 5.91 Å². The number of benzene rings is 1. The van der Waals surface area contributed by atoms with E-state index in [0.717, 1.165) is 10.9 Å².